The van der Waals surface area contributed by atoms with Crippen molar-refractivity contribution in [2.45, 2.75) is 12.0 Å². The average molecular weight is 292 g/mol. The smallest absolute Gasteiger partial charge is 0.384 e. The number of carboxylic acids is 2. The maximum absolute atomic E-state index is 11.4. The molecule has 0 saturated heterocycles. The molecule has 0 aromatic heterocycles. The summed E-state index contributed by atoms with van der Waals surface area (Å²) in [5, 5.41) is 29.6. The fourth-order valence-corrected chi connectivity index (χ4v) is 2.19. The van der Waals surface area contributed by atoms with E-state index in [1.54, 1.807) is 30.3 Å². The summed E-state index contributed by atoms with van der Waals surface area (Å²) < 4.78 is 0. The number of anilines is 1. The zero-order valence-electron chi connectivity index (χ0n) is 10.8. The second-order valence-corrected chi connectivity index (χ2v) is 4.69. The Bertz CT molecular complexity index is 611. The molecule has 110 valence electrons. The molecule has 0 bridgehead atoms. The highest BCUT2D eigenvalue weighted by Crippen LogP contribution is 2.31. The van der Waals surface area contributed by atoms with E-state index >= 15 is 0 Å². The van der Waals surface area contributed by atoms with Gasteiger partial charge < -0.3 is 15.1 Å². The molecule has 0 aliphatic carbocycles. The third-order valence-corrected chi connectivity index (χ3v) is 3.34. The van der Waals surface area contributed by atoms with E-state index in [4.69, 9.17) is 5.11 Å². The second-order valence-electron chi connectivity index (χ2n) is 4.69. The van der Waals surface area contributed by atoms with Crippen molar-refractivity contribution in [1.82, 2.24) is 0 Å². The Labute approximate surface area is 119 Å². The Morgan fingerprint density at radius 1 is 1.24 bits per heavy atom. The number of nitrogens with zero attached hydrogens (tertiary/aromatic N) is 2. The minimum absolute atomic E-state index is 0.316. The van der Waals surface area contributed by atoms with Crippen molar-refractivity contribution >= 4 is 17.6 Å². The molecule has 1 heterocycles. The van der Waals surface area contributed by atoms with Gasteiger partial charge in [-0.25, -0.2) is 9.59 Å². The second kappa shape index (κ2) is 5.23. The maximum atomic E-state index is 11.4. The van der Waals surface area contributed by atoms with Gasteiger partial charge in [-0.3, -0.25) is 10.1 Å². The molecule has 0 saturated carbocycles. The third-order valence-electron chi connectivity index (χ3n) is 3.34. The highest BCUT2D eigenvalue weighted by molar-refractivity contribution is 5.91. The monoisotopic (exact) mass is 292 g/mol. The van der Waals surface area contributed by atoms with Crippen LogP contribution in [-0.2, 0) is 9.59 Å². The molecule has 0 radical (unpaired) electrons. The summed E-state index contributed by atoms with van der Waals surface area (Å²) in [6.07, 6.45) is 0.580. The van der Waals surface area contributed by atoms with E-state index in [2.05, 4.69) is 0 Å². The molecule has 1 aromatic rings. The van der Waals surface area contributed by atoms with Crippen molar-refractivity contribution in [3.8, 4) is 0 Å². The number of benzene rings is 1. The topological polar surface area (TPSA) is 121 Å². The van der Waals surface area contributed by atoms with Crippen molar-refractivity contribution < 1.29 is 24.7 Å². The van der Waals surface area contributed by atoms with Gasteiger partial charge in [0.2, 0.25) is 0 Å². The van der Waals surface area contributed by atoms with Crippen LogP contribution in [0.2, 0.25) is 0 Å². The van der Waals surface area contributed by atoms with E-state index in [9.17, 15) is 24.8 Å². The van der Waals surface area contributed by atoms with E-state index in [-0.39, 0.29) is 5.57 Å². The molecule has 8 heteroatoms. The lowest BCUT2D eigenvalue weighted by molar-refractivity contribution is -0.551. The van der Waals surface area contributed by atoms with Gasteiger partial charge >= 0.3 is 17.5 Å². The summed E-state index contributed by atoms with van der Waals surface area (Å²) in [7, 11) is 0. The first-order valence-corrected chi connectivity index (χ1v) is 6.00. The van der Waals surface area contributed by atoms with E-state index in [0.29, 0.717) is 5.69 Å². The van der Waals surface area contributed by atoms with Gasteiger partial charge in [0.1, 0.15) is 6.54 Å². The molecule has 8 nitrogen and oxygen atoms in total. The number of rotatable bonds is 4. The summed E-state index contributed by atoms with van der Waals surface area (Å²) in [4.78, 5) is 34.1. The first kappa shape index (κ1) is 14.5. The van der Waals surface area contributed by atoms with Crippen molar-refractivity contribution in [2.75, 3.05) is 11.4 Å². The first-order valence-electron chi connectivity index (χ1n) is 6.00. The SMILES string of the molecule is O=C(O)C1=CN(c2ccccc2)CC(C(=O)O)([N+](=O)[O-])C1. The minimum Gasteiger partial charge on any atom is -0.478 e. The Kier molecular flexibility index (Phi) is 3.62. The van der Waals surface area contributed by atoms with Crippen LogP contribution in [0.5, 0.6) is 0 Å². The van der Waals surface area contributed by atoms with Gasteiger partial charge in [0.15, 0.2) is 0 Å². The Morgan fingerprint density at radius 2 is 1.86 bits per heavy atom. The molecule has 1 aliphatic rings. The van der Waals surface area contributed by atoms with E-state index in [1.165, 1.54) is 11.1 Å². The summed E-state index contributed by atoms with van der Waals surface area (Å²) >= 11 is 0. The van der Waals surface area contributed by atoms with Crippen LogP contribution >= 0.6 is 0 Å². The number of nitro groups is 1. The highest BCUT2D eigenvalue weighted by Gasteiger charge is 2.56. The fourth-order valence-electron chi connectivity index (χ4n) is 2.19. The van der Waals surface area contributed by atoms with Crippen LogP contribution < -0.4 is 4.90 Å². The third kappa shape index (κ3) is 2.55. The fraction of sp³-hybridized carbons (Fsp3) is 0.231. The molecule has 0 spiro atoms. The molecule has 2 rings (SSSR count). The normalized spacial score (nSPS) is 21.5. The molecular formula is C13H12N2O6. The standard InChI is InChI=1S/C13H12N2O6/c16-11(17)9-6-13(12(18)19,15(20)21)8-14(7-9)10-4-2-1-3-5-10/h1-5,7H,6,8H2,(H,16,17)(H,18,19). The number of carboxylic acid groups (broad SMARTS) is 2. The van der Waals surface area contributed by atoms with Gasteiger partial charge in [-0.1, -0.05) is 18.2 Å². The van der Waals surface area contributed by atoms with Crippen LogP contribution in [0.25, 0.3) is 0 Å². The van der Waals surface area contributed by atoms with Gasteiger partial charge in [-0.05, 0) is 12.1 Å². The van der Waals surface area contributed by atoms with Gasteiger partial charge in [0, 0.05) is 16.8 Å². The van der Waals surface area contributed by atoms with Crippen LogP contribution in [0.15, 0.2) is 42.1 Å². The first-order chi connectivity index (χ1) is 9.86. The van der Waals surface area contributed by atoms with Crippen LogP contribution in [-0.4, -0.2) is 39.2 Å². The van der Waals surface area contributed by atoms with Crippen molar-refractivity contribution in [3.63, 3.8) is 0 Å². The predicted octanol–water partition coefficient (Wildman–Crippen LogP) is 0.965. The van der Waals surface area contributed by atoms with Crippen LogP contribution in [0.1, 0.15) is 6.42 Å². The Hall–Kier alpha value is -2.90. The molecule has 1 atom stereocenters. The summed E-state index contributed by atoms with van der Waals surface area (Å²) in [5.74, 6) is -3.02. The largest absolute Gasteiger partial charge is 0.478 e. The van der Waals surface area contributed by atoms with Crippen molar-refractivity contribution in [1.29, 1.82) is 0 Å². The zero-order valence-corrected chi connectivity index (χ0v) is 10.8. The zero-order chi connectivity index (χ0) is 15.6. The van der Waals surface area contributed by atoms with Crippen LogP contribution in [0, 0.1) is 10.1 Å². The molecule has 0 amide bonds. The highest BCUT2D eigenvalue weighted by atomic mass is 16.6. The molecule has 0 fully saturated rings. The lowest BCUT2D eigenvalue weighted by Gasteiger charge is -2.32. The Morgan fingerprint density at radius 3 is 2.33 bits per heavy atom. The van der Waals surface area contributed by atoms with Crippen LogP contribution in [0.4, 0.5) is 5.69 Å². The molecule has 2 N–H and O–H groups in total. The summed E-state index contributed by atoms with van der Waals surface area (Å²) in [6, 6.07) is 8.31. The van der Waals surface area contributed by atoms with Gasteiger partial charge in [0.05, 0.1) is 12.0 Å². The number of aliphatic carboxylic acids is 2. The quantitative estimate of drug-likeness (QED) is 0.626. The number of carbonyl (C=O) groups is 2. The summed E-state index contributed by atoms with van der Waals surface area (Å²) in [5.41, 5.74) is -2.20. The molecule has 1 aromatic carbocycles. The molecule has 1 aliphatic heterocycles. The molecule has 1 unspecified atom stereocenters. The van der Waals surface area contributed by atoms with Gasteiger partial charge in [0.25, 0.3) is 0 Å². The minimum atomic E-state index is -2.38. The van der Waals surface area contributed by atoms with Crippen molar-refractivity contribution in [3.05, 3.63) is 52.2 Å². The molecular weight excluding hydrogens is 280 g/mol. The van der Waals surface area contributed by atoms with E-state index in [0.717, 1.165) is 0 Å². The average Bonchev–Trinajstić information content (AvgIpc) is 2.47. The Balaban J connectivity index is 2.52. The lowest BCUT2D eigenvalue weighted by Crippen LogP contribution is -2.56. The number of para-hydroxylation sites is 1. The molecule has 21 heavy (non-hydrogen) atoms. The number of hydrogen-bond donors (Lipinski definition) is 2. The van der Waals surface area contributed by atoms with Crippen molar-refractivity contribution in [2.24, 2.45) is 0 Å². The van der Waals surface area contributed by atoms with E-state index in [1.807, 2.05) is 0 Å². The lowest BCUT2D eigenvalue weighted by atomic mass is 9.88. The van der Waals surface area contributed by atoms with Gasteiger partial charge in [-0.15, -0.1) is 0 Å². The van der Waals surface area contributed by atoms with Gasteiger partial charge in [-0.2, -0.15) is 0 Å². The number of hydrogen-bond acceptors (Lipinski definition) is 5. The van der Waals surface area contributed by atoms with E-state index < -0.39 is 35.4 Å². The predicted molar refractivity (Wildman–Crippen MR) is 71.5 cm³/mol. The summed E-state index contributed by atoms with van der Waals surface area (Å²) in [6.45, 7) is -0.434. The van der Waals surface area contributed by atoms with Crippen LogP contribution in [0.3, 0.4) is 0 Å². The maximum Gasteiger partial charge on any atom is 0.384 e.